The van der Waals surface area contributed by atoms with E-state index >= 15 is 0 Å². The fourth-order valence-corrected chi connectivity index (χ4v) is 3.61. The first-order valence-corrected chi connectivity index (χ1v) is 10.8. The molecule has 4 nitrogen and oxygen atoms in total. The van der Waals surface area contributed by atoms with Crippen LogP contribution in [0.1, 0.15) is 27.0 Å². The first-order valence-electron chi connectivity index (χ1n) is 9.62. The molecular formula is C25H24N2O2S. The number of nitrogens with one attached hydrogen (secondary N) is 1. The zero-order chi connectivity index (χ0) is 21.0. The molecule has 0 aliphatic carbocycles. The quantitative estimate of drug-likeness (QED) is 0.272. The summed E-state index contributed by atoms with van der Waals surface area (Å²) in [5.41, 5.74) is 6.51. The summed E-state index contributed by atoms with van der Waals surface area (Å²) < 4.78 is 5.43. The van der Waals surface area contributed by atoms with Crippen LogP contribution in [0.5, 0.6) is 5.75 Å². The minimum absolute atomic E-state index is 0.235. The maximum atomic E-state index is 12.3. The number of thioether (sulfide) groups is 1. The molecular weight excluding hydrogens is 392 g/mol. The summed E-state index contributed by atoms with van der Waals surface area (Å²) in [6, 6.07) is 25.5. The normalized spacial score (nSPS) is 10.7. The van der Waals surface area contributed by atoms with E-state index in [-0.39, 0.29) is 5.91 Å². The molecule has 0 radical (unpaired) electrons. The van der Waals surface area contributed by atoms with E-state index in [1.807, 2.05) is 66.4 Å². The van der Waals surface area contributed by atoms with Gasteiger partial charge in [0.25, 0.3) is 5.91 Å². The molecule has 0 aliphatic heterocycles. The third-order valence-corrected chi connectivity index (χ3v) is 5.30. The molecule has 1 N–H and O–H groups in total. The lowest BCUT2D eigenvalue weighted by molar-refractivity contribution is 0.0955. The van der Waals surface area contributed by atoms with Crippen molar-refractivity contribution in [1.82, 2.24) is 5.43 Å². The van der Waals surface area contributed by atoms with Crippen molar-refractivity contribution >= 4 is 23.9 Å². The summed E-state index contributed by atoms with van der Waals surface area (Å²) in [6.45, 7) is 4.08. The monoisotopic (exact) mass is 416 g/mol. The second-order valence-electron chi connectivity index (χ2n) is 6.54. The van der Waals surface area contributed by atoms with Gasteiger partial charge < -0.3 is 4.74 Å². The smallest absolute Gasteiger partial charge is 0.271 e. The number of rotatable bonds is 10. The topological polar surface area (TPSA) is 50.7 Å². The Labute approximate surface area is 181 Å². The Hall–Kier alpha value is -3.31. The molecule has 152 valence electrons. The van der Waals surface area contributed by atoms with Gasteiger partial charge in [0.2, 0.25) is 0 Å². The van der Waals surface area contributed by atoms with Crippen LogP contribution in [0.15, 0.2) is 96.6 Å². The summed E-state index contributed by atoms with van der Waals surface area (Å²) in [5.74, 6) is 2.40. The van der Waals surface area contributed by atoms with E-state index in [1.165, 1.54) is 11.1 Å². The third kappa shape index (κ3) is 6.94. The van der Waals surface area contributed by atoms with Crippen LogP contribution in [0.25, 0.3) is 0 Å². The van der Waals surface area contributed by atoms with Gasteiger partial charge in [-0.25, -0.2) is 5.43 Å². The van der Waals surface area contributed by atoms with Crippen molar-refractivity contribution in [1.29, 1.82) is 0 Å². The lowest BCUT2D eigenvalue weighted by atomic mass is 10.1. The maximum Gasteiger partial charge on any atom is 0.271 e. The van der Waals surface area contributed by atoms with Crippen molar-refractivity contribution < 1.29 is 9.53 Å². The fraction of sp³-hybridized carbons (Fsp3) is 0.120. The molecule has 1 amide bonds. The predicted octanol–water partition coefficient (Wildman–Crippen LogP) is 5.45. The van der Waals surface area contributed by atoms with Crippen LogP contribution >= 0.6 is 11.8 Å². The molecule has 0 saturated heterocycles. The number of hydrogen-bond acceptors (Lipinski definition) is 4. The van der Waals surface area contributed by atoms with Gasteiger partial charge in [-0.3, -0.25) is 4.79 Å². The minimum atomic E-state index is -0.235. The van der Waals surface area contributed by atoms with E-state index in [2.05, 4.69) is 41.4 Å². The van der Waals surface area contributed by atoms with Crippen LogP contribution in [0.3, 0.4) is 0 Å². The van der Waals surface area contributed by atoms with Gasteiger partial charge in [0.1, 0.15) is 12.4 Å². The standard InChI is InChI=1S/C25H24N2O2S/c1-2-16-29-24-14-10-20(11-15-24)17-26-27-25(28)23-12-8-22(9-13-23)19-30-18-21-6-4-3-5-7-21/h2-15,17H,1,16,18-19H2,(H,27,28)/b26-17-. The van der Waals surface area contributed by atoms with Crippen LogP contribution in [0.2, 0.25) is 0 Å². The molecule has 3 rings (SSSR count). The maximum absolute atomic E-state index is 12.3. The number of benzene rings is 3. The van der Waals surface area contributed by atoms with E-state index in [0.717, 1.165) is 22.8 Å². The molecule has 5 heteroatoms. The SMILES string of the molecule is C=CCOc1ccc(/C=N\NC(=O)c2ccc(CSCc3ccccc3)cc2)cc1. The van der Waals surface area contributed by atoms with Crippen molar-refractivity contribution in [2.24, 2.45) is 5.10 Å². The highest BCUT2D eigenvalue weighted by Gasteiger charge is 2.04. The highest BCUT2D eigenvalue weighted by Crippen LogP contribution is 2.18. The number of hydrogen-bond donors (Lipinski definition) is 1. The first-order chi connectivity index (χ1) is 14.7. The van der Waals surface area contributed by atoms with Crippen molar-refractivity contribution in [2.45, 2.75) is 11.5 Å². The largest absolute Gasteiger partial charge is 0.490 e. The molecule has 30 heavy (non-hydrogen) atoms. The fourth-order valence-electron chi connectivity index (χ4n) is 2.65. The zero-order valence-corrected chi connectivity index (χ0v) is 17.5. The summed E-state index contributed by atoms with van der Waals surface area (Å²) in [6.07, 6.45) is 3.30. The average molecular weight is 417 g/mol. The van der Waals surface area contributed by atoms with Gasteiger partial charge in [0.15, 0.2) is 0 Å². The van der Waals surface area contributed by atoms with Crippen LogP contribution in [-0.4, -0.2) is 18.7 Å². The number of nitrogens with zero attached hydrogens (tertiary/aromatic N) is 1. The summed E-state index contributed by atoms with van der Waals surface area (Å²) in [5, 5.41) is 4.03. The zero-order valence-electron chi connectivity index (χ0n) is 16.7. The lowest BCUT2D eigenvalue weighted by Crippen LogP contribution is -2.17. The molecule has 0 unspecified atom stereocenters. The van der Waals surface area contributed by atoms with Crippen LogP contribution in [0.4, 0.5) is 0 Å². The van der Waals surface area contributed by atoms with E-state index in [0.29, 0.717) is 12.2 Å². The molecule has 0 atom stereocenters. The molecule has 0 aliphatic rings. The van der Waals surface area contributed by atoms with Gasteiger partial charge in [-0.1, -0.05) is 55.1 Å². The van der Waals surface area contributed by atoms with Crippen LogP contribution in [-0.2, 0) is 11.5 Å². The molecule has 0 heterocycles. The number of amides is 1. The molecule has 0 bridgehead atoms. The number of ether oxygens (including phenoxy) is 1. The molecule has 3 aromatic rings. The highest BCUT2D eigenvalue weighted by atomic mass is 32.2. The Morgan fingerprint density at radius 2 is 1.60 bits per heavy atom. The Morgan fingerprint density at radius 3 is 2.27 bits per heavy atom. The van der Waals surface area contributed by atoms with E-state index in [1.54, 1.807) is 12.3 Å². The van der Waals surface area contributed by atoms with E-state index < -0.39 is 0 Å². The van der Waals surface area contributed by atoms with Crippen LogP contribution < -0.4 is 10.2 Å². The Morgan fingerprint density at radius 1 is 0.933 bits per heavy atom. The second-order valence-corrected chi connectivity index (χ2v) is 7.53. The molecule has 3 aromatic carbocycles. The van der Waals surface area contributed by atoms with Gasteiger partial charge >= 0.3 is 0 Å². The van der Waals surface area contributed by atoms with E-state index in [9.17, 15) is 4.79 Å². The lowest BCUT2D eigenvalue weighted by Gasteiger charge is -2.04. The van der Waals surface area contributed by atoms with Crippen molar-refractivity contribution in [3.63, 3.8) is 0 Å². The third-order valence-electron chi connectivity index (χ3n) is 4.22. The van der Waals surface area contributed by atoms with Crippen molar-refractivity contribution in [2.75, 3.05) is 6.61 Å². The first kappa shape index (κ1) is 21.4. The average Bonchev–Trinajstić information content (AvgIpc) is 2.79. The van der Waals surface area contributed by atoms with Gasteiger partial charge in [0, 0.05) is 17.1 Å². The summed E-state index contributed by atoms with van der Waals surface area (Å²) in [7, 11) is 0. The highest BCUT2D eigenvalue weighted by molar-refractivity contribution is 7.97. The summed E-state index contributed by atoms with van der Waals surface area (Å²) >= 11 is 1.85. The van der Waals surface area contributed by atoms with Gasteiger partial charge in [-0.05, 0) is 53.1 Å². The molecule has 0 fully saturated rings. The summed E-state index contributed by atoms with van der Waals surface area (Å²) in [4.78, 5) is 12.3. The number of carbonyl (C=O) groups excluding carboxylic acids is 1. The number of carbonyl (C=O) groups is 1. The van der Waals surface area contributed by atoms with Crippen molar-refractivity contribution in [3.05, 3.63) is 114 Å². The van der Waals surface area contributed by atoms with Crippen LogP contribution in [0, 0.1) is 0 Å². The second kappa shape index (κ2) is 11.6. The molecule has 0 spiro atoms. The minimum Gasteiger partial charge on any atom is -0.490 e. The Balaban J connectivity index is 1.44. The van der Waals surface area contributed by atoms with Gasteiger partial charge in [-0.2, -0.15) is 16.9 Å². The van der Waals surface area contributed by atoms with E-state index in [4.69, 9.17) is 4.74 Å². The molecule has 0 saturated carbocycles. The number of hydrazone groups is 1. The predicted molar refractivity (Wildman–Crippen MR) is 125 cm³/mol. The molecule has 0 aromatic heterocycles. The van der Waals surface area contributed by atoms with Crippen molar-refractivity contribution in [3.8, 4) is 5.75 Å². The van der Waals surface area contributed by atoms with Gasteiger partial charge in [-0.15, -0.1) is 0 Å². The Kier molecular flexibility index (Phi) is 8.30. The Bertz CT molecular complexity index is 968. The van der Waals surface area contributed by atoms with Gasteiger partial charge in [0.05, 0.1) is 6.21 Å².